The zero-order valence-corrected chi connectivity index (χ0v) is 22.8. The molecular formula is C28H35F3N6O. The minimum Gasteiger partial charge on any atom is -0.478 e. The Morgan fingerprint density at radius 3 is 2.42 bits per heavy atom. The quantitative estimate of drug-likeness (QED) is 0.411. The van der Waals surface area contributed by atoms with E-state index in [1.54, 1.807) is 20.8 Å². The molecule has 2 heterocycles. The van der Waals surface area contributed by atoms with Gasteiger partial charge in [0.15, 0.2) is 5.82 Å². The van der Waals surface area contributed by atoms with Crippen LogP contribution in [0.2, 0.25) is 0 Å². The Labute approximate surface area is 221 Å². The van der Waals surface area contributed by atoms with E-state index in [9.17, 15) is 4.39 Å². The van der Waals surface area contributed by atoms with Crippen molar-refractivity contribution in [2.45, 2.75) is 66.3 Å². The van der Waals surface area contributed by atoms with Gasteiger partial charge in [-0.05, 0) is 69.4 Å². The molecule has 5 N–H and O–H groups in total. The number of methoxy groups -OCH3 is 1. The van der Waals surface area contributed by atoms with Crippen molar-refractivity contribution in [2.24, 2.45) is 10.7 Å². The SMILES string of the molecule is CCC(C)=C(N)/N=C1\C(=C(C)C)/C(=C(/C)CC)NC(c2ccc(F)cc2-c2cnc(N)c(OC)n2)C1(F)F. The van der Waals surface area contributed by atoms with Gasteiger partial charge in [0, 0.05) is 16.8 Å². The Bertz CT molecular complexity index is 1360. The van der Waals surface area contributed by atoms with Gasteiger partial charge in [0.05, 0.1) is 19.0 Å². The van der Waals surface area contributed by atoms with Crippen LogP contribution in [-0.4, -0.2) is 28.7 Å². The second-order valence-corrected chi connectivity index (χ2v) is 9.45. The molecule has 0 bridgehead atoms. The summed E-state index contributed by atoms with van der Waals surface area (Å²) in [5.41, 5.74) is 15.0. The molecule has 7 nitrogen and oxygen atoms in total. The Balaban J connectivity index is 2.38. The molecule has 38 heavy (non-hydrogen) atoms. The number of halogens is 3. The number of aliphatic imine (C=N–C) groups is 1. The van der Waals surface area contributed by atoms with Crippen molar-refractivity contribution >= 4 is 11.5 Å². The summed E-state index contributed by atoms with van der Waals surface area (Å²) < 4.78 is 52.8. The molecule has 0 spiro atoms. The molecule has 0 saturated carbocycles. The van der Waals surface area contributed by atoms with E-state index in [0.717, 1.165) is 17.7 Å². The molecule has 1 atom stereocenters. The molecule has 1 aromatic heterocycles. The third-order valence-electron chi connectivity index (χ3n) is 6.67. The van der Waals surface area contributed by atoms with Gasteiger partial charge >= 0.3 is 5.92 Å². The van der Waals surface area contributed by atoms with E-state index in [0.29, 0.717) is 35.3 Å². The fraction of sp³-hybridized carbons (Fsp3) is 0.393. The van der Waals surface area contributed by atoms with Crippen LogP contribution in [0.25, 0.3) is 11.3 Å². The minimum atomic E-state index is -3.54. The number of hydrogen-bond acceptors (Lipinski definition) is 7. The van der Waals surface area contributed by atoms with Crippen molar-refractivity contribution in [2.75, 3.05) is 12.8 Å². The summed E-state index contributed by atoms with van der Waals surface area (Å²) in [6.45, 7) is 11.0. The zero-order chi connectivity index (χ0) is 28.4. The molecule has 10 heteroatoms. The Kier molecular flexibility index (Phi) is 8.54. The first-order chi connectivity index (χ1) is 17.9. The average molecular weight is 529 g/mol. The zero-order valence-electron chi connectivity index (χ0n) is 22.8. The first-order valence-electron chi connectivity index (χ1n) is 12.4. The highest BCUT2D eigenvalue weighted by Gasteiger charge is 2.53. The van der Waals surface area contributed by atoms with Crippen LogP contribution >= 0.6 is 0 Å². The number of nitrogens with zero attached hydrogens (tertiary/aromatic N) is 3. The van der Waals surface area contributed by atoms with Crippen molar-refractivity contribution in [3.63, 3.8) is 0 Å². The molecule has 1 aliphatic rings. The summed E-state index contributed by atoms with van der Waals surface area (Å²) in [6, 6.07) is 1.99. The lowest BCUT2D eigenvalue weighted by atomic mass is 9.82. The van der Waals surface area contributed by atoms with Crippen LogP contribution in [-0.2, 0) is 0 Å². The van der Waals surface area contributed by atoms with Crippen molar-refractivity contribution < 1.29 is 17.9 Å². The lowest BCUT2D eigenvalue weighted by molar-refractivity contribution is 0.0326. The van der Waals surface area contributed by atoms with Gasteiger partial charge in [0.1, 0.15) is 23.4 Å². The van der Waals surface area contributed by atoms with Crippen LogP contribution in [0.15, 0.2) is 63.2 Å². The highest BCUT2D eigenvalue weighted by molar-refractivity contribution is 6.11. The summed E-state index contributed by atoms with van der Waals surface area (Å²) in [6.07, 6.45) is 2.48. The lowest BCUT2D eigenvalue weighted by Gasteiger charge is -2.39. The van der Waals surface area contributed by atoms with Crippen LogP contribution in [0.3, 0.4) is 0 Å². The monoisotopic (exact) mass is 528 g/mol. The molecule has 1 aromatic carbocycles. The number of ether oxygens (including phenoxy) is 1. The van der Waals surface area contributed by atoms with Crippen LogP contribution in [0.5, 0.6) is 5.88 Å². The molecule has 1 saturated heterocycles. The maximum absolute atomic E-state index is 16.6. The van der Waals surface area contributed by atoms with Gasteiger partial charge in [-0.3, -0.25) is 0 Å². The van der Waals surface area contributed by atoms with E-state index >= 15 is 8.78 Å². The number of aromatic nitrogens is 2. The van der Waals surface area contributed by atoms with Crippen LogP contribution < -0.4 is 21.5 Å². The van der Waals surface area contributed by atoms with Gasteiger partial charge in [-0.15, -0.1) is 0 Å². The molecule has 1 aliphatic heterocycles. The second kappa shape index (κ2) is 11.3. The Hall–Kier alpha value is -3.82. The summed E-state index contributed by atoms with van der Waals surface area (Å²) in [5.74, 6) is -4.09. The van der Waals surface area contributed by atoms with Crippen LogP contribution in [0, 0.1) is 5.82 Å². The van der Waals surface area contributed by atoms with Crippen LogP contribution in [0.4, 0.5) is 19.0 Å². The van der Waals surface area contributed by atoms with E-state index in [2.05, 4.69) is 20.3 Å². The smallest absolute Gasteiger partial charge is 0.314 e. The van der Waals surface area contributed by atoms with E-state index in [4.69, 9.17) is 16.2 Å². The summed E-state index contributed by atoms with van der Waals surface area (Å²) in [5, 5.41) is 3.07. The Morgan fingerprint density at radius 2 is 1.84 bits per heavy atom. The number of piperidine rings is 1. The van der Waals surface area contributed by atoms with Gasteiger partial charge in [0.2, 0.25) is 0 Å². The number of nitrogen functional groups attached to an aromatic ring is 1. The van der Waals surface area contributed by atoms with Crippen LogP contribution in [0.1, 0.15) is 66.0 Å². The van der Waals surface area contributed by atoms with E-state index in [1.807, 2.05) is 20.8 Å². The number of benzene rings is 1. The predicted octanol–water partition coefficient (Wildman–Crippen LogP) is 6.21. The first-order valence-corrected chi connectivity index (χ1v) is 12.4. The first kappa shape index (κ1) is 28.7. The van der Waals surface area contributed by atoms with E-state index < -0.39 is 23.5 Å². The molecule has 0 amide bonds. The standard InChI is InChI=1S/C28H35F3N6O/c1-8-15(5)22-21(14(3)4)24(37-25(32)16(6)9-2)28(30,31)23(36-22)18-11-10-17(29)12-19(18)20-13-34-26(33)27(35-20)38-7/h10-13,23,36H,8-9,32H2,1-7H3,(H2,33,34)/b22-15+,25-16?,37-24+. The maximum Gasteiger partial charge on any atom is 0.314 e. The molecule has 2 aromatic rings. The van der Waals surface area contributed by atoms with Gasteiger partial charge < -0.3 is 21.5 Å². The third kappa shape index (κ3) is 5.39. The van der Waals surface area contributed by atoms with Gasteiger partial charge in [-0.1, -0.05) is 25.5 Å². The van der Waals surface area contributed by atoms with Crippen molar-refractivity contribution in [3.8, 4) is 17.1 Å². The number of rotatable bonds is 6. The minimum absolute atomic E-state index is 0.00511. The number of hydrogen-bond donors (Lipinski definition) is 3. The fourth-order valence-electron chi connectivity index (χ4n) is 4.19. The fourth-order valence-corrected chi connectivity index (χ4v) is 4.19. The summed E-state index contributed by atoms with van der Waals surface area (Å²) >= 11 is 0. The molecular weight excluding hydrogens is 493 g/mol. The maximum atomic E-state index is 16.6. The summed E-state index contributed by atoms with van der Waals surface area (Å²) in [4.78, 5) is 12.7. The van der Waals surface area contributed by atoms with Crippen molar-refractivity contribution in [1.29, 1.82) is 0 Å². The van der Waals surface area contributed by atoms with Gasteiger partial charge in [-0.2, -0.15) is 8.78 Å². The molecule has 1 fully saturated rings. The number of allylic oxidation sites excluding steroid dienone is 4. The van der Waals surface area contributed by atoms with Crippen molar-refractivity contribution in [1.82, 2.24) is 15.3 Å². The topological polar surface area (TPSA) is 111 Å². The largest absolute Gasteiger partial charge is 0.478 e. The Morgan fingerprint density at radius 1 is 1.16 bits per heavy atom. The van der Waals surface area contributed by atoms with Gasteiger partial charge in [-0.25, -0.2) is 19.4 Å². The van der Waals surface area contributed by atoms with E-state index in [1.165, 1.54) is 19.4 Å². The lowest BCUT2D eigenvalue weighted by Crippen LogP contribution is -2.50. The number of anilines is 1. The molecule has 0 aliphatic carbocycles. The average Bonchev–Trinajstić information content (AvgIpc) is 2.88. The number of nitrogens with two attached hydrogens (primary N) is 2. The predicted molar refractivity (Wildman–Crippen MR) is 145 cm³/mol. The molecule has 3 rings (SSSR count). The van der Waals surface area contributed by atoms with Gasteiger partial charge in [0.25, 0.3) is 5.88 Å². The number of alkyl halides is 2. The normalized spacial score (nSPS) is 20.1. The van der Waals surface area contributed by atoms with Crippen molar-refractivity contribution in [3.05, 3.63) is 69.6 Å². The summed E-state index contributed by atoms with van der Waals surface area (Å²) in [7, 11) is 1.36. The molecule has 204 valence electrons. The number of nitrogens with one attached hydrogen (secondary N) is 1. The third-order valence-corrected chi connectivity index (χ3v) is 6.67. The molecule has 0 radical (unpaired) electrons. The van der Waals surface area contributed by atoms with E-state index in [-0.39, 0.29) is 34.3 Å². The highest BCUT2D eigenvalue weighted by atomic mass is 19.3. The highest BCUT2D eigenvalue weighted by Crippen LogP contribution is 2.46. The molecule has 1 unspecified atom stereocenters. The second-order valence-electron chi connectivity index (χ2n) is 9.45.